The molecular weight excluding hydrogens is 450 g/mol. The average Bonchev–Trinajstić information content (AvgIpc) is 2.94. The number of hydrogen-bond donors (Lipinski definition) is 2. The van der Waals surface area contributed by atoms with Crippen molar-refractivity contribution >= 4 is 0 Å². The highest BCUT2D eigenvalue weighted by atomic mass is 16.5. The third-order valence-electron chi connectivity index (χ3n) is 6.42. The Balaban J connectivity index is 1.51. The molecule has 0 aliphatic heterocycles. The second-order valence-corrected chi connectivity index (χ2v) is 8.58. The number of ether oxygens (including phenoxy) is 3. The van der Waals surface area contributed by atoms with Gasteiger partial charge in [-0.05, 0) is 34.7 Å². The molecule has 0 saturated heterocycles. The second-order valence-electron chi connectivity index (χ2n) is 8.58. The SMILES string of the molecule is COc1cc(OCc2cccc(-c3ccccc3)c2C)cc(OC)c1CN[C@@H](CO)c1ccccc1. The molecule has 0 radical (unpaired) electrons. The van der Waals surface area contributed by atoms with Crippen LogP contribution in [0.2, 0.25) is 0 Å². The van der Waals surface area contributed by atoms with Crippen molar-refractivity contribution in [1.82, 2.24) is 5.32 Å². The Kier molecular flexibility index (Phi) is 8.61. The van der Waals surface area contributed by atoms with Crippen molar-refractivity contribution in [1.29, 1.82) is 0 Å². The van der Waals surface area contributed by atoms with E-state index in [1.807, 2.05) is 48.5 Å². The lowest BCUT2D eigenvalue weighted by Crippen LogP contribution is -2.24. The number of hydrogen-bond acceptors (Lipinski definition) is 5. The van der Waals surface area contributed by atoms with Crippen LogP contribution in [0.15, 0.2) is 91.0 Å². The molecular formula is C31H33NO4. The van der Waals surface area contributed by atoms with Crippen molar-refractivity contribution in [2.24, 2.45) is 0 Å². The molecule has 5 nitrogen and oxygen atoms in total. The number of nitrogens with one attached hydrogen (secondary N) is 1. The first-order valence-corrected chi connectivity index (χ1v) is 12.1. The van der Waals surface area contributed by atoms with E-state index in [-0.39, 0.29) is 12.6 Å². The standard InChI is InChI=1S/C31H33NO4/c1-22-25(15-10-16-27(22)23-11-6-4-7-12-23)21-36-26-17-30(34-2)28(31(18-26)35-3)19-32-29(20-33)24-13-8-5-9-14-24/h4-18,29,32-33H,19-21H2,1-3H3/t29-/m0/s1. The summed E-state index contributed by atoms with van der Waals surface area (Å²) in [7, 11) is 3.27. The minimum Gasteiger partial charge on any atom is -0.496 e. The van der Waals surface area contributed by atoms with Gasteiger partial charge in [-0.3, -0.25) is 0 Å². The lowest BCUT2D eigenvalue weighted by Gasteiger charge is -2.20. The van der Waals surface area contributed by atoms with Gasteiger partial charge < -0.3 is 24.6 Å². The molecule has 0 spiro atoms. The maximum Gasteiger partial charge on any atom is 0.130 e. The van der Waals surface area contributed by atoms with Gasteiger partial charge in [0, 0.05) is 18.7 Å². The van der Waals surface area contributed by atoms with Crippen LogP contribution in [-0.2, 0) is 13.2 Å². The lowest BCUT2D eigenvalue weighted by molar-refractivity contribution is 0.242. The quantitative estimate of drug-likeness (QED) is 0.271. The highest BCUT2D eigenvalue weighted by Crippen LogP contribution is 2.35. The summed E-state index contributed by atoms with van der Waals surface area (Å²) in [5.41, 5.74) is 6.59. The summed E-state index contributed by atoms with van der Waals surface area (Å²) in [6, 6.07) is 30.1. The van der Waals surface area contributed by atoms with E-state index in [0.717, 1.165) is 16.7 Å². The zero-order valence-electron chi connectivity index (χ0n) is 21.0. The largest absolute Gasteiger partial charge is 0.496 e. The van der Waals surface area contributed by atoms with Gasteiger partial charge in [-0.25, -0.2) is 0 Å². The average molecular weight is 484 g/mol. The molecule has 0 fully saturated rings. The third-order valence-corrected chi connectivity index (χ3v) is 6.42. The first kappa shape index (κ1) is 25.3. The van der Waals surface area contributed by atoms with Crippen molar-refractivity contribution in [3.63, 3.8) is 0 Å². The zero-order valence-corrected chi connectivity index (χ0v) is 21.0. The number of aliphatic hydroxyl groups is 1. The Morgan fingerprint density at radius 1 is 0.806 bits per heavy atom. The zero-order chi connectivity index (χ0) is 25.3. The predicted molar refractivity (Wildman–Crippen MR) is 144 cm³/mol. The lowest BCUT2D eigenvalue weighted by atomic mass is 9.97. The van der Waals surface area contributed by atoms with E-state index < -0.39 is 0 Å². The van der Waals surface area contributed by atoms with Crippen LogP contribution < -0.4 is 19.5 Å². The number of benzene rings is 4. The summed E-state index contributed by atoms with van der Waals surface area (Å²) < 4.78 is 17.6. The summed E-state index contributed by atoms with van der Waals surface area (Å²) in [5, 5.41) is 13.3. The molecule has 1 atom stereocenters. The van der Waals surface area contributed by atoms with Crippen LogP contribution in [0.25, 0.3) is 11.1 Å². The topological polar surface area (TPSA) is 60.0 Å². The van der Waals surface area contributed by atoms with E-state index in [0.29, 0.717) is 30.4 Å². The highest BCUT2D eigenvalue weighted by Gasteiger charge is 2.17. The number of aliphatic hydroxyl groups excluding tert-OH is 1. The van der Waals surface area contributed by atoms with Crippen LogP contribution in [0, 0.1) is 6.92 Å². The Bertz CT molecular complexity index is 1230. The van der Waals surface area contributed by atoms with Crippen molar-refractivity contribution < 1.29 is 19.3 Å². The molecule has 5 heteroatoms. The normalized spacial score (nSPS) is 11.7. The van der Waals surface area contributed by atoms with Crippen LogP contribution in [0.5, 0.6) is 17.2 Å². The molecule has 4 aromatic carbocycles. The van der Waals surface area contributed by atoms with E-state index in [9.17, 15) is 5.11 Å². The van der Waals surface area contributed by atoms with Gasteiger partial charge in [0.2, 0.25) is 0 Å². The van der Waals surface area contributed by atoms with Crippen LogP contribution in [0.1, 0.15) is 28.3 Å². The first-order chi connectivity index (χ1) is 17.6. The van der Waals surface area contributed by atoms with Crippen LogP contribution in [-0.4, -0.2) is 25.9 Å². The fourth-order valence-corrected chi connectivity index (χ4v) is 4.35. The van der Waals surface area contributed by atoms with Crippen molar-refractivity contribution in [2.45, 2.75) is 26.1 Å². The highest BCUT2D eigenvalue weighted by molar-refractivity contribution is 5.68. The van der Waals surface area contributed by atoms with Gasteiger partial charge >= 0.3 is 0 Å². The van der Waals surface area contributed by atoms with Crippen LogP contribution in [0.3, 0.4) is 0 Å². The minimum atomic E-state index is -0.198. The van der Waals surface area contributed by atoms with Crippen LogP contribution >= 0.6 is 0 Å². The van der Waals surface area contributed by atoms with E-state index >= 15 is 0 Å². The Morgan fingerprint density at radius 3 is 2.06 bits per heavy atom. The summed E-state index contributed by atoms with van der Waals surface area (Å²) in [5.74, 6) is 1.99. The summed E-state index contributed by atoms with van der Waals surface area (Å²) in [4.78, 5) is 0. The van der Waals surface area contributed by atoms with Crippen LogP contribution in [0.4, 0.5) is 0 Å². The van der Waals surface area contributed by atoms with Gasteiger partial charge in [-0.2, -0.15) is 0 Å². The smallest absolute Gasteiger partial charge is 0.130 e. The maximum atomic E-state index is 9.90. The van der Waals surface area contributed by atoms with Gasteiger partial charge in [0.15, 0.2) is 0 Å². The van der Waals surface area contributed by atoms with Crippen molar-refractivity contribution in [2.75, 3.05) is 20.8 Å². The van der Waals surface area contributed by atoms with Gasteiger partial charge in [0.25, 0.3) is 0 Å². The minimum absolute atomic E-state index is 0.0166. The number of rotatable bonds is 11. The predicted octanol–water partition coefficient (Wildman–Crippen LogP) is 6.08. The molecule has 36 heavy (non-hydrogen) atoms. The molecule has 2 N–H and O–H groups in total. The molecule has 4 rings (SSSR count). The molecule has 0 aliphatic rings. The summed E-state index contributed by atoms with van der Waals surface area (Å²) >= 11 is 0. The molecule has 0 amide bonds. The Hall–Kier alpha value is -3.80. The monoisotopic (exact) mass is 483 g/mol. The molecule has 0 heterocycles. The van der Waals surface area contributed by atoms with Gasteiger partial charge in [0.1, 0.15) is 23.9 Å². The summed E-state index contributed by atoms with van der Waals surface area (Å²) in [6.07, 6.45) is 0. The third kappa shape index (κ3) is 5.88. The fourth-order valence-electron chi connectivity index (χ4n) is 4.35. The van der Waals surface area contributed by atoms with Crippen molar-refractivity contribution in [3.8, 4) is 28.4 Å². The molecule has 4 aromatic rings. The van der Waals surface area contributed by atoms with E-state index in [1.54, 1.807) is 14.2 Å². The Labute approximate surface area is 213 Å². The molecule has 0 bridgehead atoms. The molecule has 0 aliphatic carbocycles. The van der Waals surface area contributed by atoms with E-state index in [4.69, 9.17) is 14.2 Å². The molecule has 0 aromatic heterocycles. The van der Waals surface area contributed by atoms with Gasteiger partial charge in [-0.15, -0.1) is 0 Å². The molecule has 0 unspecified atom stereocenters. The van der Waals surface area contributed by atoms with Crippen molar-refractivity contribution in [3.05, 3.63) is 113 Å². The molecule has 0 saturated carbocycles. The maximum absolute atomic E-state index is 9.90. The first-order valence-electron chi connectivity index (χ1n) is 12.1. The molecule has 186 valence electrons. The summed E-state index contributed by atoms with van der Waals surface area (Å²) in [6.45, 7) is 3.00. The second kappa shape index (κ2) is 12.2. The number of methoxy groups -OCH3 is 2. The van der Waals surface area contributed by atoms with E-state index in [2.05, 4.69) is 54.7 Å². The Morgan fingerprint density at radius 2 is 1.44 bits per heavy atom. The van der Waals surface area contributed by atoms with Gasteiger partial charge in [-0.1, -0.05) is 78.9 Å². The van der Waals surface area contributed by atoms with E-state index in [1.165, 1.54) is 16.7 Å². The fraction of sp³-hybridized carbons (Fsp3) is 0.226. The van der Waals surface area contributed by atoms with Gasteiger partial charge in [0.05, 0.1) is 32.4 Å².